The second kappa shape index (κ2) is 8.05. The fourth-order valence-electron chi connectivity index (χ4n) is 4.68. The molecule has 1 aliphatic carbocycles. The number of anilines is 1. The number of aromatic nitrogens is 1. The van der Waals surface area contributed by atoms with Crippen LogP contribution in [0.5, 0.6) is 0 Å². The standard InChI is InChI=1S/C24H30FN3O/c1-17-8-11-20(12-9-17)26(3)24(29)7-5-14-27-18(2)21-6-4-15-28(21)22-13-10-19(25)16-23(22)27/h4,6,10,13,15-17,20H,2,5,7-9,11-12,14H2,1,3H3. The summed E-state index contributed by atoms with van der Waals surface area (Å²) in [5.41, 5.74) is 3.60. The maximum absolute atomic E-state index is 14.0. The molecule has 1 saturated carbocycles. The Morgan fingerprint density at radius 1 is 1.21 bits per heavy atom. The van der Waals surface area contributed by atoms with E-state index in [0.717, 1.165) is 41.5 Å². The minimum atomic E-state index is -0.264. The highest BCUT2D eigenvalue weighted by Crippen LogP contribution is 2.38. The molecule has 5 heteroatoms. The molecule has 4 nitrogen and oxygen atoms in total. The van der Waals surface area contributed by atoms with Crippen molar-refractivity contribution in [3.63, 3.8) is 0 Å². The predicted molar refractivity (Wildman–Crippen MR) is 116 cm³/mol. The Kier molecular flexibility index (Phi) is 5.48. The number of nitrogens with zero attached hydrogens (tertiary/aromatic N) is 3. The summed E-state index contributed by atoms with van der Waals surface area (Å²) in [5, 5.41) is 0. The van der Waals surface area contributed by atoms with Crippen LogP contribution in [0.1, 0.15) is 51.1 Å². The van der Waals surface area contributed by atoms with Gasteiger partial charge in [-0.3, -0.25) is 4.79 Å². The van der Waals surface area contributed by atoms with E-state index in [1.54, 1.807) is 12.1 Å². The smallest absolute Gasteiger partial charge is 0.222 e. The molecule has 2 heterocycles. The van der Waals surface area contributed by atoms with Gasteiger partial charge in [0.15, 0.2) is 0 Å². The number of hydrogen-bond acceptors (Lipinski definition) is 2. The number of amides is 1. The summed E-state index contributed by atoms with van der Waals surface area (Å²) in [6.07, 6.45) is 7.81. The summed E-state index contributed by atoms with van der Waals surface area (Å²) in [6, 6.07) is 9.21. The van der Waals surface area contributed by atoms with Crippen LogP contribution in [-0.2, 0) is 4.79 Å². The summed E-state index contributed by atoms with van der Waals surface area (Å²) in [7, 11) is 1.94. The third kappa shape index (κ3) is 3.83. The molecule has 0 saturated heterocycles. The van der Waals surface area contributed by atoms with Crippen molar-refractivity contribution in [1.29, 1.82) is 0 Å². The SMILES string of the molecule is C=C1c2cccn2-c2ccc(F)cc2N1CCCC(=O)N(C)C1CCC(C)CC1. The quantitative estimate of drug-likeness (QED) is 0.694. The molecule has 154 valence electrons. The lowest BCUT2D eigenvalue weighted by molar-refractivity contribution is -0.132. The monoisotopic (exact) mass is 395 g/mol. The Hall–Kier alpha value is -2.56. The Labute approximate surface area is 172 Å². The van der Waals surface area contributed by atoms with Gasteiger partial charge in [0.25, 0.3) is 0 Å². The van der Waals surface area contributed by atoms with Gasteiger partial charge in [-0.2, -0.15) is 0 Å². The summed E-state index contributed by atoms with van der Waals surface area (Å²) < 4.78 is 16.0. The molecular formula is C24H30FN3O. The van der Waals surface area contributed by atoms with Crippen LogP contribution < -0.4 is 4.90 Å². The minimum Gasteiger partial charge on any atom is -0.343 e. The number of benzene rings is 1. The van der Waals surface area contributed by atoms with Gasteiger partial charge in [0.1, 0.15) is 5.82 Å². The summed E-state index contributed by atoms with van der Waals surface area (Å²) in [5.74, 6) is 0.716. The zero-order chi connectivity index (χ0) is 20.5. The van der Waals surface area contributed by atoms with Crippen LogP contribution in [0.25, 0.3) is 11.4 Å². The molecule has 1 amide bonds. The molecular weight excluding hydrogens is 365 g/mol. The first-order chi connectivity index (χ1) is 14.0. The van der Waals surface area contributed by atoms with Crippen molar-refractivity contribution < 1.29 is 9.18 Å². The van der Waals surface area contributed by atoms with Gasteiger partial charge in [0.05, 0.1) is 22.8 Å². The molecule has 0 unspecified atom stereocenters. The van der Waals surface area contributed by atoms with Crippen LogP contribution >= 0.6 is 0 Å². The van der Waals surface area contributed by atoms with Crippen LogP contribution in [0.3, 0.4) is 0 Å². The van der Waals surface area contributed by atoms with E-state index in [1.165, 1.54) is 18.9 Å². The van der Waals surface area contributed by atoms with Crippen molar-refractivity contribution in [1.82, 2.24) is 9.47 Å². The highest BCUT2D eigenvalue weighted by Gasteiger charge is 2.27. The molecule has 0 radical (unpaired) electrons. The van der Waals surface area contributed by atoms with E-state index >= 15 is 0 Å². The minimum absolute atomic E-state index is 0.204. The van der Waals surface area contributed by atoms with Crippen LogP contribution in [0, 0.1) is 11.7 Å². The third-order valence-electron chi connectivity index (χ3n) is 6.56. The van der Waals surface area contributed by atoms with Crippen LogP contribution in [0.15, 0.2) is 43.1 Å². The van der Waals surface area contributed by atoms with Crippen molar-refractivity contribution in [3.05, 3.63) is 54.6 Å². The number of hydrogen-bond donors (Lipinski definition) is 0. The summed E-state index contributed by atoms with van der Waals surface area (Å²) >= 11 is 0. The summed E-state index contributed by atoms with van der Waals surface area (Å²) in [6.45, 7) is 7.17. The van der Waals surface area contributed by atoms with Crippen LogP contribution in [0.4, 0.5) is 10.1 Å². The van der Waals surface area contributed by atoms with Crippen molar-refractivity contribution >= 4 is 17.3 Å². The summed E-state index contributed by atoms with van der Waals surface area (Å²) in [4.78, 5) is 16.7. The Balaban J connectivity index is 1.42. The van der Waals surface area contributed by atoms with Gasteiger partial charge in [-0.05, 0) is 68.4 Å². The van der Waals surface area contributed by atoms with E-state index in [0.29, 0.717) is 25.4 Å². The predicted octanol–water partition coefficient (Wildman–Crippen LogP) is 5.22. The van der Waals surface area contributed by atoms with Gasteiger partial charge in [-0.15, -0.1) is 0 Å². The van der Waals surface area contributed by atoms with E-state index < -0.39 is 0 Å². The molecule has 2 aliphatic rings. The van der Waals surface area contributed by atoms with Gasteiger partial charge in [0.2, 0.25) is 5.91 Å². The first-order valence-electron chi connectivity index (χ1n) is 10.7. The van der Waals surface area contributed by atoms with Crippen molar-refractivity contribution in [2.45, 2.75) is 51.5 Å². The molecule has 1 aliphatic heterocycles. The van der Waals surface area contributed by atoms with Crippen LogP contribution in [0.2, 0.25) is 0 Å². The molecule has 29 heavy (non-hydrogen) atoms. The average molecular weight is 396 g/mol. The highest BCUT2D eigenvalue weighted by atomic mass is 19.1. The number of fused-ring (bicyclic) bond motifs is 3. The highest BCUT2D eigenvalue weighted by molar-refractivity contribution is 5.86. The van der Waals surface area contributed by atoms with E-state index in [9.17, 15) is 9.18 Å². The van der Waals surface area contributed by atoms with E-state index in [-0.39, 0.29) is 11.7 Å². The maximum Gasteiger partial charge on any atom is 0.222 e. The van der Waals surface area contributed by atoms with E-state index in [4.69, 9.17) is 0 Å². The fraction of sp³-hybridized carbons (Fsp3) is 0.458. The molecule has 0 bridgehead atoms. The maximum atomic E-state index is 14.0. The molecule has 1 aromatic carbocycles. The van der Waals surface area contributed by atoms with E-state index in [2.05, 4.69) is 13.5 Å². The average Bonchev–Trinajstić information content (AvgIpc) is 3.20. The second-order valence-corrected chi connectivity index (χ2v) is 8.52. The second-order valence-electron chi connectivity index (χ2n) is 8.52. The van der Waals surface area contributed by atoms with Crippen molar-refractivity contribution in [2.75, 3.05) is 18.5 Å². The number of rotatable bonds is 5. The first-order valence-corrected chi connectivity index (χ1v) is 10.7. The zero-order valence-electron chi connectivity index (χ0n) is 17.4. The number of carbonyl (C=O) groups excluding carboxylic acids is 1. The molecule has 1 fully saturated rings. The Morgan fingerprint density at radius 2 is 1.97 bits per heavy atom. The van der Waals surface area contributed by atoms with Gasteiger partial charge in [0, 0.05) is 32.3 Å². The fourth-order valence-corrected chi connectivity index (χ4v) is 4.68. The van der Waals surface area contributed by atoms with Gasteiger partial charge >= 0.3 is 0 Å². The number of halogens is 1. The molecule has 0 spiro atoms. The normalized spacial score (nSPS) is 20.9. The van der Waals surface area contributed by atoms with Gasteiger partial charge in [-0.1, -0.05) is 13.5 Å². The Morgan fingerprint density at radius 3 is 2.72 bits per heavy atom. The lowest BCUT2D eigenvalue weighted by Gasteiger charge is -2.35. The molecule has 4 rings (SSSR count). The van der Waals surface area contributed by atoms with Gasteiger partial charge < -0.3 is 14.4 Å². The number of carbonyl (C=O) groups is 1. The first kappa shape index (κ1) is 19.7. The molecule has 2 aromatic rings. The van der Waals surface area contributed by atoms with Crippen LogP contribution in [-0.4, -0.2) is 35.0 Å². The lowest BCUT2D eigenvalue weighted by atomic mass is 9.86. The van der Waals surface area contributed by atoms with Crippen molar-refractivity contribution in [2.24, 2.45) is 5.92 Å². The lowest BCUT2D eigenvalue weighted by Crippen LogP contribution is -2.39. The topological polar surface area (TPSA) is 28.5 Å². The Bertz CT molecular complexity index is 911. The van der Waals surface area contributed by atoms with Crippen molar-refractivity contribution in [3.8, 4) is 5.69 Å². The molecule has 1 aromatic heterocycles. The largest absolute Gasteiger partial charge is 0.343 e. The third-order valence-corrected chi connectivity index (χ3v) is 6.56. The molecule has 0 N–H and O–H groups in total. The molecule has 0 atom stereocenters. The van der Waals surface area contributed by atoms with E-state index in [1.807, 2.05) is 39.7 Å². The van der Waals surface area contributed by atoms with Gasteiger partial charge in [-0.25, -0.2) is 4.39 Å². The zero-order valence-corrected chi connectivity index (χ0v) is 17.4.